The zero-order chi connectivity index (χ0) is 22.6. The molecule has 0 heterocycles. The monoisotopic (exact) mass is 442 g/mol. The van der Waals surface area contributed by atoms with Crippen LogP contribution in [0.15, 0.2) is 65.6 Å². The first-order chi connectivity index (χ1) is 14.7. The van der Waals surface area contributed by atoms with Gasteiger partial charge in [0.25, 0.3) is 15.9 Å². The number of amides is 1. The Bertz CT molecular complexity index is 1210. The third-order valence-corrected chi connectivity index (χ3v) is 5.99. The molecule has 3 aromatic rings. The maximum absolute atomic E-state index is 14.0. The molecule has 162 valence electrons. The lowest BCUT2D eigenvalue weighted by Gasteiger charge is -2.16. The van der Waals surface area contributed by atoms with Crippen LogP contribution in [-0.4, -0.2) is 20.9 Å². The van der Waals surface area contributed by atoms with Gasteiger partial charge in [-0.05, 0) is 62.2 Å². The molecular formula is C23H23FN2O4S. The van der Waals surface area contributed by atoms with E-state index in [1.165, 1.54) is 42.5 Å². The summed E-state index contributed by atoms with van der Waals surface area (Å²) in [7, 11) is -3.95. The van der Waals surface area contributed by atoms with Crippen LogP contribution < -0.4 is 14.8 Å². The predicted molar refractivity (Wildman–Crippen MR) is 119 cm³/mol. The highest BCUT2D eigenvalue weighted by atomic mass is 32.2. The van der Waals surface area contributed by atoms with Crippen LogP contribution in [0.5, 0.6) is 5.75 Å². The van der Waals surface area contributed by atoms with Gasteiger partial charge in [0.2, 0.25) is 0 Å². The summed E-state index contributed by atoms with van der Waals surface area (Å²) in [6, 6.07) is 15.1. The minimum Gasteiger partial charge on any atom is -0.492 e. The molecule has 0 fully saturated rings. The van der Waals surface area contributed by atoms with E-state index in [0.717, 1.165) is 11.1 Å². The summed E-state index contributed by atoms with van der Waals surface area (Å²) in [5, 5.41) is 2.56. The summed E-state index contributed by atoms with van der Waals surface area (Å²) >= 11 is 0. The highest BCUT2D eigenvalue weighted by molar-refractivity contribution is 7.92. The van der Waals surface area contributed by atoms with Crippen LogP contribution in [0, 0.1) is 19.7 Å². The molecule has 0 atom stereocenters. The number of halogens is 1. The summed E-state index contributed by atoms with van der Waals surface area (Å²) in [5.41, 5.74) is 2.02. The zero-order valence-electron chi connectivity index (χ0n) is 17.4. The Labute approximate surface area is 181 Å². The minimum absolute atomic E-state index is 0.0672. The molecule has 0 unspecified atom stereocenters. The third kappa shape index (κ3) is 5.03. The predicted octanol–water partition coefficient (Wildman–Crippen LogP) is 4.89. The van der Waals surface area contributed by atoms with E-state index in [4.69, 9.17) is 4.74 Å². The number of rotatable bonds is 7. The summed E-state index contributed by atoms with van der Waals surface area (Å²) in [6.07, 6.45) is 0. The van der Waals surface area contributed by atoms with Crippen LogP contribution in [0.1, 0.15) is 28.4 Å². The fourth-order valence-corrected chi connectivity index (χ4v) is 4.29. The molecule has 0 saturated carbocycles. The van der Waals surface area contributed by atoms with Gasteiger partial charge < -0.3 is 10.1 Å². The molecule has 0 bridgehead atoms. The molecule has 0 spiro atoms. The van der Waals surface area contributed by atoms with Crippen LogP contribution in [-0.2, 0) is 10.0 Å². The number of ether oxygens (including phenoxy) is 1. The number of aryl methyl sites for hydroxylation is 2. The van der Waals surface area contributed by atoms with E-state index in [1.807, 2.05) is 32.0 Å². The molecule has 0 aliphatic heterocycles. The van der Waals surface area contributed by atoms with E-state index in [2.05, 4.69) is 10.0 Å². The Morgan fingerprint density at radius 2 is 1.68 bits per heavy atom. The highest BCUT2D eigenvalue weighted by Crippen LogP contribution is 2.30. The Kier molecular flexibility index (Phi) is 6.60. The van der Waals surface area contributed by atoms with Crippen molar-refractivity contribution in [3.8, 4) is 5.75 Å². The average Bonchev–Trinajstić information content (AvgIpc) is 2.72. The molecule has 31 heavy (non-hydrogen) atoms. The van der Waals surface area contributed by atoms with Gasteiger partial charge >= 0.3 is 0 Å². The Morgan fingerprint density at radius 1 is 1.00 bits per heavy atom. The Balaban J connectivity index is 1.97. The molecule has 0 radical (unpaired) electrons. The first-order valence-corrected chi connectivity index (χ1v) is 11.1. The zero-order valence-corrected chi connectivity index (χ0v) is 18.2. The molecule has 1 amide bonds. The second-order valence-electron chi connectivity index (χ2n) is 6.90. The number of benzene rings is 3. The average molecular weight is 443 g/mol. The molecule has 0 aromatic heterocycles. The Hall–Kier alpha value is -3.39. The van der Waals surface area contributed by atoms with Crippen molar-refractivity contribution in [2.75, 3.05) is 16.6 Å². The number of hydrogen-bond acceptors (Lipinski definition) is 4. The lowest BCUT2D eigenvalue weighted by molar-refractivity contribution is 0.102. The molecule has 3 rings (SSSR count). The third-order valence-electron chi connectivity index (χ3n) is 4.65. The van der Waals surface area contributed by atoms with Gasteiger partial charge in [-0.2, -0.15) is 0 Å². The van der Waals surface area contributed by atoms with Crippen molar-refractivity contribution in [2.45, 2.75) is 25.7 Å². The van der Waals surface area contributed by atoms with Crippen molar-refractivity contribution in [3.05, 3.63) is 83.2 Å². The summed E-state index contributed by atoms with van der Waals surface area (Å²) < 4.78 is 48.1. The van der Waals surface area contributed by atoms with Gasteiger partial charge in [-0.3, -0.25) is 9.52 Å². The van der Waals surface area contributed by atoms with E-state index in [1.54, 1.807) is 6.92 Å². The number of para-hydroxylation sites is 1. The SMILES string of the molecule is CCOc1ccc(S(=O)(=O)Nc2c(C)cccc2C)cc1NC(=O)c1ccccc1F. The first kappa shape index (κ1) is 22.3. The van der Waals surface area contributed by atoms with Crippen LogP contribution in [0.3, 0.4) is 0 Å². The highest BCUT2D eigenvalue weighted by Gasteiger charge is 2.20. The van der Waals surface area contributed by atoms with E-state index >= 15 is 0 Å². The number of sulfonamides is 1. The number of hydrogen-bond donors (Lipinski definition) is 2. The Morgan fingerprint density at radius 3 is 2.32 bits per heavy atom. The van der Waals surface area contributed by atoms with E-state index in [-0.39, 0.29) is 21.9 Å². The summed E-state index contributed by atoms with van der Waals surface area (Å²) in [6.45, 7) is 5.68. The van der Waals surface area contributed by atoms with Gasteiger partial charge in [0.05, 0.1) is 28.4 Å². The van der Waals surface area contributed by atoms with Crippen molar-refractivity contribution in [3.63, 3.8) is 0 Å². The fraction of sp³-hybridized carbons (Fsp3) is 0.174. The molecule has 8 heteroatoms. The van der Waals surface area contributed by atoms with Gasteiger partial charge in [-0.1, -0.05) is 30.3 Å². The number of carbonyl (C=O) groups excluding carboxylic acids is 1. The number of anilines is 2. The number of nitrogens with one attached hydrogen (secondary N) is 2. The number of carbonyl (C=O) groups is 1. The summed E-state index contributed by atoms with van der Waals surface area (Å²) in [4.78, 5) is 12.5. The molecular weight excluding hydrogens is 419 g/mol. The molecule has 2 N–H and O–H groups in total. The van der Waals surface area contributed by atoms with Crippen molar-refractivity contribution in [1.29, 1.82) is 0 Å². The van der Waals surface area contributed by atoms with Gasteiger partial charge in [-0.25, -0.2) is 12.8 Å². The van der Waals surface area contributed by atoms with E-state index in [9.17, 15) is 17.6 Å². The van der Waals surface area contributed by atoms with Gasteiger partial charge in [-0.15, -0.1) is 0 Å². The molecule has 3 aromatic carbocycles. The van der Waals surface area contributed by atoms with E-state index < -0.39 is 21.7 Å². The molecule has 0 aliphatic rings. The smallest absolute Gasteiger partial charge is 0.261 e. The van der Waals surface area contributed by atoms with E-state index in [0.29, 0.717) is 12.3 Å². The molecule has 0 aliphatic carbocycles. The second kappa shape index (κ2) is 9.18. The molecule has 6 nitrogen and oxygen atoms in total. The minimum atomic E-state index is -3.95. The summed E-state index contributed by atoms with van der Waals surface area (Å²) in [5.74, 6) is -1.12. The second-order valence-corrected chi connectivity index (χ2v) is 8.58. The normalized spacial score (nSPS) is 11.1. The van der Waals surface area contributed by atoms with Crippen molar-refractivity contribution >= 4 is 27.3 Å². The van der Waals surface area contributed by atoms with Gasteiger partial charge in [0.1, 0.15) is 11.6 Å². The van der Waals surface area contributed by atoms with Gasteiger partial charge in [0, 0.05) is 0 Å². The fourth-order valence-electron chi connectivity index (χ4n) is 3.06. The maximum atomic E-state index is 14.0. The standard InChI is InChI=1S/C23H23FN2O4S/c1-4-30-21-13-12-17(31(28,29)26-22-15(2)8-7-9-16(22)3)14-20(21)25-23(27)18-10-5-6-11-19(18)24/h5-14,26H,4H2,1-3H3,(H,25,27). The van der Waals surface area contributed by atoms with Crippen molar-refractivity contribution in [2.24, 2.45) is 0 Å². The van der Waals surface area contributed by atoms with Crippen LogP contribution in [0.4, 0.5) is 15.8 Å². The topological polar surface area (TPSA) is 84.5 Å². The quantitative estimate of drug-likeness (QED) is 0.545. The van der Waals surface area contributed by atoms with Crippen molar-refractivity contribution < 1.29 is 22.3 Å². The lowest BCUT2D eigenvalue weighted by atomic mass is 10.1. The van der Waals surface area contributed by atoms with Crippen LogP contribution in [0.25, 0.3) is 0 Å². The van der Waals surface area contributed by atoms with Crippen molar-refractivity contribution in [1.82, 2.24) is 0 Å². The lowest BCUT2D eigenvalue weighted by Crippen LogP contribution is -2.17. The van der Waals surface area contributed by atoms with Gasteiger partial charge in [0.15, 0.2) is 0 Å². The first-order valence-electron chi connectivity index (χ1n) is 9.64. The van der Waals surface area contributed by atoms with Crippen LogP contribution in [0.2, 0.25) is 0 Å². The van der Waals surface area contributed by atoms with Crippen LogP contribution >= 0.6 is 0 Å². The largest absolute Gasteiger partial charge is 0.492 e. The maximum Gasteiger partial charge on any atom is 0.261 e. The molecule has 0 saturated heterocycles.